The van der Waals surface area contributed by atoms with Crippen LogP contribution in [0.5, 0.6) is 0 Å². The molecule has 2 unspecified atom stereocenters. The third kappa shape index (κ3) is 10.8. The summed E-state index contributed by atoms with van der Waals surface area (Å²) in [4.78, 5) is 12.8. The molecule has 4 aromatic rings. The van der Waals surface area contributed by atoms with Crippen LogP contribution >= 0.6 is 0 Å². The number of rotatable bonds is 16. The maximum Gasteiger partial charge on any atom is 0.169 e. The zero-order valence-corrected chi connectivity index (χ0v) is 29.2. The van der Waals surface area contributed by atoms with Crippen LogP contribution in [0, 0.1) is 11.8 Å². The number of para-hydroxylation sites is 2. The lowest BCUT2D eigenvalue weighted by atomic mass is 9.95. The highest BCUT2D eigenvalue weighted by molar-refractivity contribution is 5.75. The molecule has 1 aliphatic rings. The van der Waals surface area contributed by atoms with E-state index in [0.717, 1.165) is 42.7 Å². The van der Waals surface area contributed by atoms with Gasteiger partial charge in [0.25, 0.3) is 0 Å². The summed E-state index contributed by atoms with van der Waals surface area (Å²) in [5.74, 6) is 0.581. The van der Waals surface area contributed by atoms with E-state index in [2.05, 4.69) is 103 Å². The Morgan fingerprint density at radius 1 is 0.681 bits per heavy atom. The van der Waals surface area contributed by atoms with Crippen LogP contribution in [0.25, 0.3) is 11.1 Å². The second-order valence-corrected chi connectivity index (χ2v) is 13.1. The van der Waals surface area contributed by atoms with Gasteiger partial charge in [0.1, 0.15) is 0 Å². The number of hydrogen-bond acceptors (Lipinski definition) is 3. The van der Waals surface area contributed by atoms with Gasteiger partial charge in [-0.15, -0.1) is 0 Å². The van der Waals surface area contributed by atoms with Gasteiger partial charge in [-0.1, -0.05) is 89.8 Å². The number of anilines is 2. The van der Waals surface area contributed by atoms with Gasteiger partial charge in [0.15, 0.2) is 37.9 Å². The van der Waals surface area contributed by atoms with Gasteiger partial charge in [0.05, 0.1) is 0 Å². The van der Waals surface area contributed by atoms with E-state index in [4.69, 9.17) is 0 Å². The second-order valence-electron chi connectivity index (χ2n) is 13.1. The SMILES string of the molecule is CCCCC(CC)C[n+]1ccc(-c2cc[n+](CC(CC)CCCC)cc2)cc1.O=C([O-])CCN1c2ccccc2Cc2ccccc21. The number of fused-ring (bicyclic) bond motifs is 2. The molecule has 5 heteroatoms. The van der Waals surface area contributed by atoms with E-state index in [9.17, 15) is 9.90 Å². The van der Waals surface area contributed by atoms with Gasteiger partial charge in [0, 0.05) is 72.8 Å². The highest BCUT2D eigenvalue weighted by atomic mass is 16.4. The van der Waals surface area contributed by atoms with Crippen LogP contribution in [0.4, 0.5) is 11.4 Å². The summed E-state index contributed by atoms with van der Waals surface area (Å²) in [5.41, 5.74) is 7.29. The van der Waals surface area contributed by atoms with E-state index < -0.39 is 5.97 Å². The summed E-state index contributed by atoms with van der Waals surface area (Å²) in [6, 6.07) is 25.3. The van der Waals surface area contributed by atoms with Gasteiger partial charge in [0.2, 0.25) is 0 Å². The van der Waals surface area contributed by atoms with Crippen molar-refractivity contribution < 1.29 is 19.0 Å². The maximum atomic E-state index is 10.7. The Balaban J connectivity index is 0.000000228. The van der Waals surface area contributed by atoms with Gasteiger partial charge in [-0.05, 0) is 60.1 Å². The first-order valence-corrected chi connectivity index (χ1v) is 18.1. The average molecular weight is 635 g/mol. The Bertz CT molecular complexity index is 1390. The zero-order valence-electron chi connectivity index (χ0n) is 29.2. The minimum Gasteiger partial charge on any atom is -0.550 e. The van der Waals surface area contributed by atoms with Crippen molar-refractivity contribution in [3.63, 3.8) is 0 Å². The third-order valence-corrected chi connectivity index (χ3v) is 9.63. The lowest BCUT2D eigenvalue weighted by Crippen LogP contribution is -2.37. The van der Waals surface area contributed by atoms with Crippen LogP contribution < -0.4 is 19.1 Å². The van der Waals surface area contributed by atoms with E-state index in [-0.39, 0.29) is 6.42 Å². The first-order valence-electron chi connectivity index (χ1n) is 18.1. The first-order chi connectivity index (χ1) is 22.9. The van der Waals surface area contributed by atoms with Gasteiger partial charge in [-0.2, -0.15) is 0 Å². The van der Waals surface area contributed by atoms with Crippen molar-refractivity contribution in [3.05, 3.63) is 109 Å². The molecule has 0 N–H and O–H groups in total. The fourth-order valence-corrected chi connectivity index (χ4v) is 6.60. The Morgan fingerprint density at radius 2 is 1.11 bits per heavy atom. The number of aromatic nitrogens is 2. The Labute approximate surface area is 283 Å². The van der Waals surface area contributed by atoms with Crippen molar-refractivity contribution in [2.75, 3.05) is 11.4 Å². The minimum absolute atomic E-state index is 0.0304. The maximum absolute atomic E-state index is 10.7. The van der Waals surface area contributed by atoms with Crippen LogP contribution in [0.2, 0.25) is 0 Å². The third-order valence-electron chi connectivity index (χ3n) is 9.63. The molecule has 1 aliphatic heterocycles. The van der Waals surface area contributed by atoms with E-state index in [1.54, 1.807) is 0 Å². The number of hydrogen-bond donors (Lipinski definition) is 0. The van der Waals surface area contributed by atoms with Gasteiger partial charge in [-0.25, -0.2) is 9.13 Å². The summed E-state index contributed by atoms with van der Waals surface area (Å²) < 4.78 is 4.71. The molecular formula is C42H56N3O2+. The molecule has 250 valence electrons. The number of benzene rings is 2. The van der Waals surface area contributed by atoms with E-state index in [1.807, 2.05) is 36.4 Å². The zero-order chi connectivity index (χ0) is 33.4. The predicted molar refractivity (Wildman–Crippen MR) is 191 cm³/mol. The van der Waals surface area contributed by atoms with Crippen molar-refractivity contribution in [1.82, 2.24) is 0 Å². The molecule has 5 rings (SSSR count). The number of carbonyl (C=O) groups excluding carboxylic acids is 1. The van der Waals surface area contributed by atoms with Gasteiger partial charge in [-0.3, -0.25) is 0 Å². The standard InChI is InChI=1S/C26H42N2.C16H15NO2/c1-5-9-11-23(7-3)21-27-17-13-25(14-18-27)26-15-19-28(20-16-26)22-24(8-4)12-10-6-2;18-16(19)9-10-17-14-7-3-1-5-12(14)11-13-6-2-4-8-15(13)17/h13-20,23-24H,5-12,21-22H2,1-4H3;1-8H,9-11H2,(H,18,19)/q+2;/p-1. The number of unbranched alkanes of at least 4 members (excludes halogenated alkanes) is 2. The molecule has 0 bridgehead atoms. The lowest BCUT2D eigenvalue weighted by molar-refractivity contribution is -0.703. The summed E-state index contributed by atoms with van der Waals surface area (Å²) >= 11 is 0. The number of aliphatic carboxylic acids is 1. The van der Waals surface area contributed by atoms with E-state index >= 15 is 0 Å². The van der Waals surface area contributed by atoms with Crippen molar-refractivity contribution in [1.29, 1.82) is 0 Å². The van der Waals surface area contributed by atoms with Crippen LogP contribution in [-0.4, -0.2) is 12.5 Å². The minimum atomic E-state index is -1.01. The molecule has 0 saturated carbocycles. The van der Waals surface area contributed by atoms with Crippen LogP contribution in [0.15, 0.2) is 97.6 Å². The Kier molecular flexibility index (Phi) is 14.5. The fraction of sp³-hybridized carbons (Fsp3) is 0.452. The molecule has 0 spiro atoms. The monoisotopic (exact) mass is 634 g/mol. The van der Waals surface area contributed by atoms with Crippen molar-refractivity contribution >= 4 is 17.3 Å². The first kappa shape index (κ1) is 35.9. The average Bonchev–Trinajstić information content (AvgIpc) is 3.11. The molecule has 2 aromatic carbocycles. The van der Waals surface area contributed by atoms with Crippen LogP contribution in [-0.2, 0) is 24.3 Å². The molecule has 47 heavy (non-hydrogen) atoms. The molecule has 2 atom stereocenters. The normalized spacial score (nSPS) is 13.1. The highest BCUT2D eigenvalue weighted by Gasteiger charge is 2.21. The molecular weight excluding hydrogens is 578 g/mol. The summed E-state index contributed by atoms with van der Waals surface area (Å²) in [6.07, 6.45) is 20.5. The summed E-state index contributed by atoms with van der Waals surface area (Å²) in [6.45, 7) is 11.9. The number of carbonyl (C=O) groups is 1. The number of carboxylic acids is 1. The summed E-state index contributed by atoms with van der Waals surface area (Å²) in [5, 5.41) is 10.7. The largest absolute Gasteiger partial charge is 0.550 e. The van der Waals surface area contributed by atoms with Crippen molar-refractivity contribution in [2.45, 2.75) is 105 Å². The summed E-state index contributed by atoms with van der Waals surface area (Å²) in [7, 11) is 0. The van der Waals surface area contributed by atoms with E-state index in [0.29, 0.717) is 6.54 Å². The van der Waals surface area contributed by atoms with Crippen LogP contribution in [0.3, 0.4) is 0 Å². The van der Waals surface area contributed by atoms with Gasteiger partial charge >= 0.3 is 0 Å². The Morgan fingerprint density at radius 3 is 1.49 bits per heavy atom. The van der Waals surface area contributed by atoms with Gasteiger partial charge < -0.3 is 14.8 Å². The molecule has 0 amide bonds. The van der Waals surface area contributed by atoms with Crippen molar-refractivity contribution in [2.24, 2.45) is 11.8 Å². The lowest BCUT2D eigenvalue weighted by Gasteiger charge is -2.33. The highest BCUT2D eigenvalue weighted by Crippen LogP contribution is 2.38. The molecule has 0 radical (unpaired) electrons. The molecule has 2 aromatic heterocycles. The van der Waals surface area contributed by atoms with Crippen LogP contribution in [0.1, 0.15) is 96.6 Å². The molecule has 3 heterocycles. The van der Waals surface area contributed by atoms with Crippen molar-refractivity contribution in [3.8, 4) is 11.1 Å². The Hall–Kier alpha value is -3.99. The predicted octanol–water partition coefficient (Wildman–Crippen LogP) is 8.23. The topological polar surface area (TPSA) is 51.1 Å². The fourth-order valence-electron chi connectivity index (χ4n) is 6.60. The number of pyridine rings is 2. The molecule has 0 fully saturated rings. The number of nitrogens with zero attached hydrogens (tertiary/aromatic N) is 3. The smallest absolute Gasteiger partial charge is 0.169 e. The van der Waals surface area contributed by atoms with E-state index in [1.165, 1.54) is 73.6 Å². The molecule has 0 aliphatic carbocycles. The molecule has 5 nitrogen and oxygen atoms in total. The molecule has 0 saturated heterocycles. The quantitative estimate of drug-likeness (QED) is 0.117. The number of carboxylic acid groups (broad SMARTS) is 1. The second kappa shape index (κ2) is 19.0.